The fourth-order valence-electron chi connectivity index (χ4n) is 5.19. The van der Waals surface area contributed by atoms with E-state index >= 15 is 0 Å². The number of phenolic OH excluding ortho intramolecular Hbond substituents is 1. The Morgan fingerprint density at radius 3 is 2.67 bits per heavy atom. The number of halogens is 1. The highest BCUT2D eigenvalue weighted by molar-refractivity contribution is 6.19. The number of rotatable bonds is 5. The van der Waals surface area contributed by atoms with Crippen molar-refractivity contribution < 1.29 is 24.8 Å². The summed E-state index contributed by atoms with van der Waals surface area (Å²) in [7, 11) is 0. The van der Waals surface area contributed by atoms with Crippen LogP contribution >= 0.6 is 11.6 Å². The van der Waals surface area contributed by atoms with Crippen LogP contribution in [0.5, 0.6) is 11.5 Å². The molecule has 0 fully saturated rings. The second kappa shape index (κ2) is 9.61. The number of aromatic nitrogens is 2. The van der Waals surface area contributed by atoms with Gasteiger partial charge >= 0.3 is 0 Å². The third-order valence-electron chi connectivity index (χ3n) is 7.05. The average Bonchev–Trinajstić information content (AvgIpc) is 3.54. The molecular weight excluding hydrogens is 520 g/mol. The molecule has 39 heavy (non-hydrogen) atoms. The lowest BCUT2D eigenvalue weighted by Crippen LogP contribution is -2.30. The molecule has 0 saturated heterocycles. The third kappa shape index (κ3) is 4.21. The normalized spacial score (nSPS) is 14.5. The smallest absolute Gasteiger partial charge is 0.278 e. The van der Waals surface area contributed by atoms with Gasteiger partial charge in [-0.15, -0.1) is 11.6 Å². The molecular formula is C29H23ClN4O5. The molecule has 1 aliphatic rings. The molecule has 196 valence electrons. The minimum absolute atomic E-state index is 0.0910. The van der Waals surface area contributed by atoms with Crippen molar-refractivity contribution in [1.29, 1.82) is 0 Å². The molecule has 3 heterocycles. The predicted octanol–water partition coefficient (Wildman–Crippen LogP) is 5.59. The number of phenols is 1. The van der Waals surface area contributed by atoms with E-state index in [9.17, 15) is 14.7 Å². The van der Waals surface area contributed by atoms with Crippen molar-refractivity contribution in [2.24, 2.45) is 0 Å². The molecule has 2 amide bonds. The Bertz CT molecular complexity index is 1770. The summed E-state index contributed by atoms with van der Waals surface area (Å²) in [6, 6.07) is 16.8. The second-order valence-corrected chi connectivity index (χ2v) is 9.78. The summed E-state index contributed by atoms with van der Waals surface area (Å²) < 4.78 is 1.67. The van der Waals surface area contributed by atoms with Crippen LogP contribution in [0.4, 0.5) is 11.4 Å². The summed E-state index contributed by atoms with van der Waals surface area (Å²) in [5.41, 5.74) is 4.24. The fraction of sp³-hybridized carbons (Fsp3) is 0.138. The zero-order valence-corrected chi connectivity index (χ0v) is 21.5. The number of pyridine rings is 1. The van der Waals surface area contributed by atoms with Crippen LogP contribution in [-0.2, 0) is 0 Å². The van der Waals surface area contributed by atoms with Crippen LogP contribution in [-0.4, -0.2) is 44.0 Å². The number of benzene rings is 3. The minimum atomic E-state index is -0.349. The monoisotopic (exact) mass is 542 g/mol. The van der Waals surface area contributed by atoms with Crippen molar-refractivity contribution in [3.8, 4) is 11.5 Å². The van der Waals surface area contributed by atoms with E-state index in [1.165, 1.54) is 24.3 Å². The fourth-order valence-corrected chi connectivity index (χ4v) is 5.45. The van der Waals surface area contributed by atoms with E-state index in [2.05, 4.69) is 15.2 Å². The number of aromatic hydroxyl groups is 1. The van der Waals surface area contributed by atoms with Crippen molar-refractivity contribution in [1.82, 2.24) is 9.38 Å². The Kier molecular flexibility index (Phi) is 6.09. The Hall–Kier alpha value is -4.60. The Morgan fingerprint density at radius 1 is 1.13 bits per heavy atom. The summed E-state index contributed by atoms with van der Waals surface area (Å²) in [4.78, 5) is 36.6. The van der Waals surface area contributed by atoms with E-state index < -0.39 is 0 Å². The SMILES string of the molecule is Cc1cccc2c(O)cc3c(c12)[C@H](CCl)CN3C(=O)c1cn2cc(NC(=O)c3ccc(OO)cc3)ccc2n1. The molecule has 5 aromatic rings. The summed E-state index contributed by atoms with van der Waals surface area (Å²) in [6.45, 7) is 2.36. The molecule has 3 aromatic carbocycles. The van der Waals surface area contributed by atoms with E-state index in [1.807, 2.05) is 25.1 Å². The van der Waals surface area contributed by atoms with Crippen LogP contribution in [0.1, 0.15) is 37.9 Å². The Labute approximate surface area is 227 Å². The first-order valence-corrected chi connectivity index (χ1v) is 12.8. The third-order valence-corrected chi connectivity index (χ3v) is 7.42. The van der Waals surface area contributed by atoms with Gasteiger partial charge in [0.1, 0.15) is 17.1 Å². The lowest BCUT2D eigenvalue weighted by atomic mass is 9.92. The van der Waals surface area contributed by atoms with Gasteiger partial charge in [0.05, 0.1) is 11.4 Å². The molecule has 1 aliphatic heterocycles. The molecule has 0 radical (unpaired) electrons. The van der Waals surface area contributed by atoms with Crippen LogP contribution in [0, 0.1) is 6.92 Å². The first-order valence-electron chi connectivity index (χ1n) is 12.2. The molecule has 2 aromatic heterocycles. The number of alkyl halides is 1. The summed E-state index contributed by atoms with van der Waals surface area (Å²) in [5.74, 6) is -0.0918. The van der Waals surface area contributed by atoms with Crippen molar-refractivity contribution in [2.45, 2.75) is 12.8 Å². The molecule has 1 atom stereocenters. The first kappa shape index (κ1) is 24.7. The van der Waals surface area contributed by atoms with Gasteiger partial charge in [0.2, 0.25) is 0 Å². The van der Waals surface area contributed by atoms with Gasteiger partial charge in [-0.25, -0.2) is 10.2 Å². The molecule has 0 aliphatic carbocycles. The largest absolute Gasteiger partial charge is 0.507 e. The quantitative estimate of drug-likeness (QED) is 0.151. The van der Waals surface area contributed by atoms with Gasteiger partial charge in [-0.2, -0.15) is 0 Å². The average molecular weight is 543 g/mol. The maximum absolute atomic E-state index is 13.7. The summed E-state index contributed by atoms with van der Waals surface area (Å²) in [6.07, 6.45) is 3.28. The minimum Gasteiger partial charge on any atom is -0.507 e. The lowest BCUT2D eigenvalue weighted by Gasteiger charge is -2.17. The van der Waals surface area contributed by atoms with Crippen molar-refractivity contribution in [3.05, 3.63) is 95.4 Å². The number of aryl methyl sites for hydroxylation is 1. The second-order valence-electron chi connectivity index (χ2n) is 9.47. The van der Waals surface area contributed by atoms with Crippen LogP contribution in [0.2, 0.25) is 0 Å². The van der Waals surface area contributed by atoms with Crippen molar-refractivity contribution in [2.75, 3.05) is 22.6 Å². The van der Waals surface area contributed by atoms with Gasteiger partial charge in [0.15, 0.2) is 5.75 Å². The standard InChI is InChI=1S/C29H23ClN4O5/c1-16-3-2-4-21-24(35)11-23-27(26(16)21)18(12-30)13-34(23)29(37)22-15-33-14-19(7-10-25(33)32-22)31-28(36)17-5-8-20(39-38)9-6-17/h2-11,14-15,18,35,38H,12-13H2,1H3,(H,31,36)/t18-/m1/s1. The number of hydrogen-bond acceptors (Lipinski definition) is 6. The number of nitrogens with zero attached hydrogens (tertiary/aromatic N) is 3. The zero-order chi connectivity index (χ0) is 27.3. The van der Waals surface area contributed by atoms with Crippen molar-refractivity contribution in [3.63, 3.8) is 0 Å². The summed E-state index contributed by atoms with van der Waals surface area (Å²) >= 11 is 6.35. The Morgan fingerprint density at radius 2 is 1.92 bits per heavy atom. The topological polar surface area (TPSA) is 116 Å². The van der Waals surface area contributed by atoms with Crippen LogP contribution in [0.25, 0.3) is 16.4 Å². The Balaban J connectivity index is 1.31. The summed E-state index contributed by atoms with van der Waals surface area (Å²) in [5, 5.41) is 23.9. The highest BCUT2D eigenvalue weighted by Crippen LogP contribution is 2.46. The van der Waals surface area contributed by atoms with E-state index in [4.69, 9.17) is 16.9 Å². The van der Waals surface area contributed by atoms with Gasteiger partial charge in [0, 0.05) is 47.8 Å². The highest BCUT2D eigenvalue weighted by Gasteiger charge is 2.36. The number of carbonyl (C=O) groups excluding carboxylic acids is 2. The highest BCUT2D eigenvalue weighted by atomic mass is 35.5. The first-order chi connectivity index (χ1) is 18.9. The number of fused-ring (bicyclic) bond motifs is 4. The van der Waals surface area contributed by atoms with E-state index in [0.717, 1.165) is 21.9 Å². The molecule has 0 saturated carbocycles. The molecule has 3 N–H and O–H groups in total. The van der Waals surface area contributed by atoms with Crippen molar-refractivity contribution >= 4 is 51.2 Å². The molecule has 10 heteroatoms. The number of hydrogen-bond donors (Lipinski definition) is 3. The van der Waals surface area contributed by atoms with Gasteiger partial charge < -0.3 is 24.6 Å². The van der Waals surface area contributed by atoms with Gasteiger partial charge in [-0.05, 0) is 59.8 Å². The molecule has 6 rings (SSSR count). The maximum atomic E-state index is 13.7. The number of imidazole rings is 1. The number of amides is 2. The van der Waals surface area contributed by atoms with Gasteiger partial charge in [-0.3, -0.25) is 9.59 Å². The number of anilines is 2. The van der Waals surface area contributed by atoms with Gasteiger partial charge in [-0.1, -0.05) is 18.2 Å². The zero-order valence-electron chi connectivity index (χ0n) is 20.8. The number of nitrogens with one attached hydrogen (secondary N) is 1. The van der Waals surface area contributed by atoms with E-state index in [-0.39, 0.29) is 34.9 Å². The van der Waals surface area contributed by atoms with Crippen LogP contribution < -0.4 is 15.1 Å². The molecule has 0 bridgehead atoms. The van der Waals surface area contributed by atoms with Crippen LogP contribution in [0.3, 0.4) is 0 Å². The van der Waals surface area contributed by atoms with Crippen LogP contribution in [0.15, 0.2) is 73.1 Å². The molecule has 9 nitrogen and oxygen atoms in total. The number of carbonyl (C=O) groups is 2. The molecule has 0 unspecified atom stereocenters. The van der Waals surface area contributed by atoms with Gasteiger partial charge in [0.25, 0.3) is 11.8 Å². The lowest BCUT2D eigenvalue weighted by molar-refractivity contribution is -0.137. The van der Waals surface area contributed by atoms with E-state index in [0.29, 0.717) is 35.0 Å². The predicted molar refractivity (Wildman–Crippen MR) is 148 cm³/mol. The molecule has 0 spiro atoms. The van der Waals surface area contributed by atoms with E-state index in [1.54, 1.807) is 39.9 Å². The maximum Gasteiger partial charge on any atom is 0.278 e.